The highest BCUT2D eigenvalue weighted by Gasteiger charge is 2.43. The van der Waals surface area contributed by atoms with Crippen LogP contribution < -0.4 is 10.5 Å². The molecule has 0 saturated carbocycles. The molecule has 122 valence electrons. The summed E-state index contributed by atoms with van der Waals surface area (Å²) in [6.45, 7) is 3.28. The number of nitrogens with one attached hydrogen (secondary N) is 1. The van der Waals surface area contributed by atoms with Crippen LogP contribution >= 0.6 is 0 Å². The van der Waals surface area contributed by atoms with Gasteiger partial charge in [-0.2, -0.15) is 12.7 Å². The number of nitrogens with zero attached hydrogens (tertiary/aromatic N) is 2. The van der Waals surface area contributed by atoms with E-state index in [-0.39, 0.29) is 19.0 Å². The van der Waals surface area contributed by atoms with Crippen LogP contribution in [0.2, 0.25) is 0 Å². The van der Waals surface area contributed by atoms with E-state index < -0.39 is 15.6 Å². The minimum absolute atomic E-state index is 0.0694. The molecule has 0 unspecified atom stereocenters. The topological polar surface area (TPSA) is 105 Å². The van der Waals surface area contributed by atoms with Crippen molar-refractivity contribution in [1.82, 2.24) is 14.5 Å². The van der Waals surface area contributed by atoms with Gasteiger partial charge in [0.1, 0.15) is 0 Å². The Morgan fingerprint density at radius 2 is 1.81 bits per heavy atom. The van der Waals surface area contributed by atoms with Crippen LogP contribution in [0.4, 0.5) is 0 Å². The van der Waals surface area contributed by atoms with Crippen LogP contribution in [-0.2, 0) is 19.7 Å². The van der Waals surface area contributed by atoms with Gasteiger partial charge in [0, 0.05) is 33.3 Å². The molecule has 2 aliphatic heterocycles. The molecule has 0 aromatic heterocycles. The second-order valence-corrected chi connectivity index (χ2v) is 7.25. The van der Waals surface area contributed by atoms with Crippen LogP contribution in [0.25, 0.3) is 0 Å². The van der Waals surface area contributed by atoms with E-state index in [4.69, 9.17) is 9.88 Å². The highest BCUT2D eigenvalue weighted by Crippen LogP contribution is 2.32. The summed E-state index contributed by atoms with van der Waals surface area (Å²) in [6, 6.07) is 0. The van der Waals surface area contributed by atoms with Crippen molar-refractivity contribution >= 4 is 16.1 Å². The number of piperidine rings is 1. The number of piperazine rings is 1. The lowest BCUT2D eigenvalue weighted by molar-refractivity contribution is -0.148. The maximum absolute atomic E-state index is 12.8. The Morgan fingerprint density at radius 1 is 1.24 bits per heavy atom. The van der Waals surface area contributed by atoms with Gasteiger partial charge in [-0.3, -0.25) is 4.79 Å². The standard InChI is InChI=1S/C12H24N4O4S/c1-20-10-12(2-4-14-5-3-12)11(17)15-6-8-16(9-7-15)21(13,18)19/h14H,2-10H2,1H3,(H2,13,18,19). The highest BCUT2D eigenvalue weighted by molar-refractivity contribution is 7.86. The van der Waals surface area contributed by atoms with E-state index in [0.29, 0.717) is 19.7 Å². The molecule has 0 spiro atoms. The maximum Gasteiger partial charge on any atom is 0.277 e. The Kier molecular flexibility index (Phi) is 5.20. The van der Waals surface area contributed by atoms with Gasteiger partial charge >= 0.3 is 0 Å². The second kappa shape index (κ2) is 6.57. The number of hydrogen-bond acceptors (Lipinski definition) is 5. The summed E-state index contributed by atoms with van der Waals surface area (Å²) < 4.78 is 29.1. The fourth-order valence-corrected chi connectivity index (χ4v) is 3.75. The van der Waals surface area contributed by atoms with Gasteiger partial charge in [0.2, 0.25) is 5.91 Å². The largest absolute Gasteiger partial charge is 0.384 e. The summed E-state index contributed by atoms with van der Waals surface area (Å²) in [4.78, 5) is 14.6. The van der Waals surface area contributed by atoms with Gasteiger partial charge in [0.25, 0.3) is 10.2 Å². The van der Waals surface area contributed by atoms with Crippen LogP contribution in [0.3, 0.4) is 0 Å². The molecule has 9 heteroatoms. The van der Waals surface area contributed by atoms with Crippen LogP contribution in [0.15, 0.2) is 0 Å². The number of rotatable bonds is 4. The van der Waals surface area contributed by atoms with Crippen molar-refractivity contribution in [3.05, 3.63) is 0 Å². The summed E-state index contributed by atoms with van der Waals surface area (Å²) in [7, 11) is -2.06. The molecule has 3 N–H and O–H groups in total. The molecule has 2 saturated heterocycles. The maximum atomic E-state index is 12.8. The summed E-state index contributed by atoms with van der Waals surface area (Å²) in [5, 5.41) is 8.37. The molecule has 1 amide bonds. The van der Waals surface area contributed by atoms with E-state index in [0.717, 1.165) is 25.9 Å². The molecule has 2 heterocycles. The Hall–Kier alpha value is -0.740. The normalized spacial score (nSPS) is 24.0. The van der Waals surface area contributed by atoms with E-state index in [1.807, 2.05) is 0 Å². The minimum atomic E-state index is -3.66. The van der Waals surface area contributed by atoms with E-state index in [1.54, 1.807) is 12.0 Å². The molecule has 2 fully saturated rings. The molecule has 0 radical (unpaired) electrons. The molecular weight excluding hydrogens is 296 g/mol. The molecule has 21 heavy (non-hydrogen) atoms. The van der Waals surface area contributed by atoms with E-state index >= 15 is 0 Å². The van der Waals surface area contributed by atoms with Crippen LogP contribution in [0.1, 0.15) is 12.8 Å². The zero-order valence-corrected chi connectivity index (χ0v) is 13.2. The fraction of sp³-hybridized carbons (Fsp3) is 0.917. The monoisotopic (exact) mass is 320 g/mol. The molecule has 0 bridgehead atoms. The minimum Gasteiger partial charge on any atom is -0.384 e. The van der Waals surface area contributed by atoms with Gasteiger partial charge in [-0.25, -0.2) is 5.14 Å². The fourth-order valence-electron chi connectivity index (χ4n) is 3.08. The predicted molar refractivity (Wildman–Crippen MR) is 77.7 cm³/mol. The van der Waals surface area contributed by atoms with Gasteiger partial charge in [0.05, 0.1) is 12.0 Å². The molecule has 0 aromatic carbocycles. The molecule has 0 atom stereocenters. The van der Waals surface area contributed by atoms with Crippen molar-refractivity contribution in [2.24, 2.45) is 10.6 Å². The first kappa shape index (κ1) is 16.6. The SMILES string of the molecule is COCC1(C(=O)N2CCN(S(N)(=O)=O)CC2)CCNCC1. The molecular formula is C12H24N4O4S. The first-order valence-electron chi connectivity index (χ1n) is 7.16. The smallest absolute Gasteiger partial charge is 0.277 e. The highest BCUT2D eigenvalue weighted by atomic mass is 32.2. The summed E-state index contributed by atoms with van der Waals surface area (Å²) in [6.07, 6.45) is 1.49. The number of methoxy groups -OCH3 is 1. The van der Waals surface area contributed by atoms with Gasteiger partial charge in [0.15, 0.2) is 0 Å². The number of amides is 1. The van der Waals surface area contributed by atoms with Crippen molar-refractivity contribution < 1.29 is 17.9 Å². The number of hydrogen-bond donors (Lipinski definition) is 2. The third-order valence-electron chi connectivity index (χ3n) is 4.32. The van der Waals surface area contributed by atoms with Crippen molar-refractivity contribution in [2.45, 2.75) is 12.8 Å². The van der Waals surface area contributed by atoms with Crippen LogP contribution in [0.5, 0.6) is 0 Å². The average molecular weight is 320 g/mol. The molecule has 0 aliphatic carbocycles. The second-order valence-electron chi connectivity index (χ2n) is 5.70. The van der Waals surface area contributed by atoms with Gasteiger partial charge in [-0.05, 0) is 25.9 Å². The summed E-state index contributed by atoms with van der Waals surface area (Å²) in [5.41, 5.74) is -0.482. The average Bonchev–Trinajstić information content (AvgIpc) is 2.47. The Bertz CT molecular complexity index is 462. The lowest BCUT2D eigenvalue weighted by atomic mass is 9.78. The summed E-state index contributed by atoms with van der Waals surface area (Å²) >= 11 is 0. The molecule has 2 rings (SSSR count). The summed E-state index contributed by atoms with van der Waals surface area (Å²) in [5.74, 6) is 0.0694. The number of carbonyl (C=O) groups excluding carboxylic acids is 1. The zero-order valence-electron chi connectivity index (χ0n) is 12.4. The third kappa shape index (κ3) is 3.72. The van der Waals surface area contributed by atoms with Crippen molar-refractivity contribution in [2.75, 3.05) is 53.0 Å². The lowest BCUT2D eigenvalue weighted by Crippen LogP contribution is -2.57. The number of carbonyl (C=O) groups is 1. The molecule has 8 nitrogen and oxygen atoms in total. The van der Waals surface area contributed by atoms with Crippen LogP contribution in [0, 0.1) is 5.41 Å². The lowest BCUT2D eigenvalue weighted by Gasteiger charge is -2.42. The first-order valence-corrected chi connectivity index (χ1v) is 8.66. The molecule has 2 aliphatic rings. The van der Waals surface area contributed by atoms with E-state index in [9.17, 15) is 13.2 Å². The Balaban J connectivity index is 2.02. The Morgan fingerprint density at radius 3 is 2.29 bits per heavy atom. The molecule has 0 aromatic rings. The van der Waals surface area contributed by atoms with Gasteiger partial charge in [-0.15, -0.1) is 0 Å². The number of nitrogens with two attached hydrogens (primary N) is 1. The Labute approximate surface area is 125 Å². The van der Waals surface area contributed by atoms with Crippen molar-refractivity contribution in [1.29, 1.82) is 0 Å². The van der Waals surface area contributed by atoms with Crippen molar-refractivity contribution in [3.8, 4) is 0 Å². The predicted octanol–water partition coefficient (Wildman–Crippen LogP) is -1.65. The third-order valence-corrected chi connectivity index (χ3v) is 5.41. The first-order chi connectivity index (χ1) is 9.89. The zero-order chi connectivity index (χ0) is 15.5. The van der Waals surface area contributed by atoms with Crippen LogP contribution in [-0.4, -0.2) is 76.5 Å². The van der Waals surface area contributed by atoms with Gasteiger partial charge < -0.3 is 15.0 Å². The van der Waals surface area contributed by atoms with E-state index in [2.05, 4.69) is 5.32 Å². The number of ether oxygens (including phenoxy) is 1. The van der Waals surface area contributed by atoms with Crippen molar-refractivity contribution in [3.63, 3.8) is 0 Å². The quantitative estimate of drug-likeness (QED) is 0.646. The van der Waals surface area contributed by atoms with E-state index in [1.165, 1.54) is 4.31 Å². The van der Waals surface area contributed by atoms with Gasteiger partial charge in [-0.1, -0.05) is 0 Å².